The molecule has 3 aromatic rings. The Kier molecular flexibility index (Phi) is 5.95. The lowest BCUT2D eigenvalue weighted by atomic mass is 9.80. The van der Waals surface area contributed by atoms with Crippen molar-refractivity contribution in [1.29, 1.82) is 0 Å². The number of rotatable bonds is 6. The standard InChI is InChI=1S/C29H24FNO4/c1-3-34-29(33)24-17(2)31-27-22-9-4-5-10-23(22)28(32)26(27)25(24)19-11-13-21(14-12-19)35-16-18-7-6-8-20(30)15-18/h4-15,25,31H,3,16H2,1-2H3/t25-/m1/s1. The molecule has 0 saturated heterocycles. The number of Topliss-reactive ketones (excluding diaryl/α,β-unsaturated/α-hetero) is 1. The predicted octanol–water partition coefficient (Wildman–Crippen LogP) is 5.54. The zero-order chi connectivity index (χ0) is 24.5. The lowest BCUT2D eigenvalue weighted by molar-refractivity contribution is -0.138. The maximum Gasteiger partial charge on any atom is 0.336 e. The number of carbonyl (C=O) groups excluding carboxylic acids is 2. The van der Waals surface area contributed by atoms with Gasteiger partial charge in [0.2, 0.25) is 0 Å². The highest BCUT2D eigenvalue weighted by atomic mass is 19.1. The van der Waals surface area contributed by atoms with Crippen LogP contribution in [0.25, 0.3) is 5.70 Å². The molecule has 0 bridgehead atoms. The number of halogens is 1. The summed E-state index contributed by atoms with van der Waals surface area (Å²) in [6.45, 7) is 4.03. The molecule has 0 unspecified atom stereocenters. The minimum Gasteiger partial charge on any atom is -0.489 e. The summed E-state index contributed by atoms with van der Waals surface area (Å²) in [6, 6.07) is 21.0. The highest BCUT2D eigenvalue weighted by Gasteiger charge is 2.42. The van der Waals surface area contributed by atoms with Gasteiger partial charge in [0.25, 0.3) is 0 Å². The van der Waals surface area contributed by atoms with E-state index in [4.69, 9.17) is 9.47 Å². The molecule has 1 atom stereocenters. The van der Waals surface area contributed by atoms with E-state index in [1.54, 1.807) is 37.3 Å². The first-order valence-corrected chi connectivity index (χ1v) is 11.5. The molecule has 0 saturated carbocycles. The largest absolute Gasteiger partial charge is 0.489 e. The number of allylic oxidation sites excluding steroid dienone is 2. The van der Waals surface area contributed by atoms with Crippen LogP contribution in [-0.2, 0) is 16.1 Å². The van der Waals surface area contributed by atoms with Crippen LogP contribution in [-0.4, -0.2) is 18.4 Å². The summed E-state index contributed by atoms with van der Waals surface area (Å²) in [6.07, 6.45) is 0. The number of esters is 1. The van der Waals surface area contributed by atoms with E-state index in [2.05, 4.69) is 5.32 Å². The van der Waals surface area contributed by atoms with Crippen molar-refractivity contribution in [3.8, 4) is 5.75 Å². The molecule has 0 aromatic heterocycles. The second-order valence-corrected chi connectivity index (χ2v) is 8.47. The second kappa shape index (κ2) is 9.22. The summed E-state index contributed by atoms with van der Waals surface area (Å²) in [5.74, 6) is -0.853. The molecular weight excluding hydrogens is 445 g/mol. The molecule has 5 nitrogen and oxygen atoms in total. The minimum absolute atomic E-state index is 0.103. The molecule has 1 heterocycles. The van der Waals surface area contributed by atoms with Crippen LogP contribution in [0.3, 0.4) is 0 Å². The molecule has 1 aliphatic carbocycles. The van der Waals surface area contributed by atoms with Crippen molar-refractivity contribution in [2.75, 3.05) is 6.61 Å². The van der Waals surface area contributed by atoms with Crippen LogP contribution >= 0.6 is 0 Å². The third-order valence-corrected chi connectivity index (χ3v) is 6.25. The molecule has 6 heteroatoms. The third kappa shape index (κ3) is 4.12. The lowest BCUT2D eigenvalue weighted by Crippen LogP contribution is -2.29. The molecule has 2 aliphatic rings. The molecular formula is C29H24FNO4. The van der Waals surface area contributed by atoms with Crippen LogP contribution in [0.5, 0.6) is 5.75 Å². The Morgan fingerprint density at radius 1 is 1.00 bits per heavy atom. The number of ether oxygens (including phenoxy) is 2. The number of ketones is 1. The SMILES string of the molecule is CCOC(=O)C1=C(C)NC2=C(C(=O)c3ccccc32)[C@@H]1c1ccc(OCc2cccc(F)c2)cc1. The number of hydrogen-bond acceptors (Lipinski definition) is 5. The molecule has 0 fully saturated rings. The van der Waals surface area contributed by atoms with E-state index in [1.165, 1.54) is 12.1 Å². The Morgan fingerprint density at radius 2 is 1.74 bits per heavy atom. The number of dihydropyridines is 1. The van der Waals surface area contributed by atoms with Gasteiger partial charge in [-0.05, 0) is 49.2 Å². The van der Waals surface area contributed by atoms with Crippen LogP contribution in [0.15, 0.2) is 89.6 Å². The molecule has 1 aliphatic heterocycles. The molecule has 0 spiro atoms. The quantitative estimate of drug-likeness (QED) is 0.481. The van der Waals surface area contributed by atoms with Gasteiger partial charge in [-0.15, -0.1) is 0 Å². The Hall–Kier alpha value is -4.19. The van der Waals surface area contributed by atoms with Crippen molar-refractivity contribution in [1.82, 2.24) is 5.32 Å². The van der Waals surface area contributed by atoms with E-state index in [9.17, 15) is 14.0 Å². The zero-order valence-corrected chi connectivity index (χ0v) is 19.4. The van der Waals surface area contributed by atoms with Crippen molar-refractivity contribution in [2.24, 2.45) is 0 Å². The monoisotopic (exact) mass is 469 g/mol. The first kappa shape index (κ1) is 22.6. The van der Waals surface area contributed by atoms with Crippen molar-refractivity contribution in [3.05, 3.63) is 118 Å². The van der Waals surface area contributed by atoms with Gasteiger partial charge in [-0.3, -0.25) is 4.79 Å². The van der Waals surface area contributed by atoms with Crippen LogP contribution in [0.4, 0.5) is 4.39 Å². The fourth-order valence-corrected chi connectivity index (χ4v) is 4.69. The molecule has 35 heavy (non-hydrogen) atoms. The van der Waals surface area contributed by atoms with Gasteiger partial charge >= 0.3 is 5.97 Å². The van der Waals surface area contributed by atoms with Gasteiger partial charge in [-0.1, -0.05) is 48.5 Å². The average molecular weight is 470 g/mol. The Bertz CT molecular complexity index is 1390. The molecule has 176 valence electrons. The maximum atomic E-state index is 13.5. The fourth-order valence-electron chi connectivity index (χ4n) is 4.69. The second-order valence-electron chi connectivity index (χ2n) is 8.47. The van der Waals surface area contributed by atoms with Gasteiger partial charge in [0.05, 0.1) is 17.9 Å². The number of carbonyl (C=O) groups is 2. The van der Waals surface area contributed by atoms with Crippen molar-refractivity contribution in [3.63, 3.8) is 0 Å². The average Bonchev–Trinajstić information content (AvgIpc) is 3.14. The maximum absolute atomic E-state index is 13.5. The number of hydrogen-bond donors (Lipinski definition) is 1. The molecule has 0 radical (unpaired) electrons. The van der Waals surface area contributed by atoms with Crippen LogP contribution < -0.4 is 10.1 Å². The first-order chi connectivity index (χ1) is 17.0. The van der Waals surface area contributed by atoms with E-state index in [0.29, 0.717) is 28.2 Å². The Labute approximate surface area is 202 Å². The van der Waals surface area contributed by atoms with Crippen molar-refractivity contribution < 1.29 is 23.5 Å². The number of nitrogens with one attached hydrogen (secondary N) is 1. The summed E-state index contributed by atoms with van der Waals surface area (Å²) in [5, 5.41) is 3.29. The highest BCUT2D eigenvalue weighted by Crippen LogP contribution is 2.46. The summed E-state index contributed by atoms with van der Waals surface area (Å²) < 4.78 is 24.6. The molecule has 0 amide bonds. The van der Waals surface area contributed by atoms with Crippen molar-refractivity contribution >= 4 is 17.4 Å². The van der Waals surface area contributed by atoms with E-state index < -0.39 is 11.9 Å². The predicted molar refractivity (Wildman–Crippen MR) is 130 cm³/mol. The number of benzene rings is 3. The summed E-state index contributed by atoms with van der Waals surface area (Å²) in [4.78, 5) is 26.5. The molecule has 1 N–H and O–H groups in total. The zero-order valence-electron chi connectivity index (χ0n) is 19.4. The van der Waals surface area contributed by atoms with Crippen LogP contribution in [0, 0.1) is 5.82 Å². The van der Waals surface area contributed by atoms with Gasteiger partial charge in [-0.25, -0.2) is 9.18 Å². The minimum atomic E-state index is -0.581. The fraction of sp³-hybridized carbons (Fsp3) is 0.172. The van der Waals surface area contributed by atoms with Crippen LogP contribution in [0.2, 0.25) is 0 Å². The van der Waals surface area contributed by atoms with Gasteiger partial charge in [0.1, 0.15) is 18.2 Å². The number of fused-ring (bicyclic) bond motifs is 2. The topological polar surface area (TPSA) is 64.6 Å². The van der Waals surface area contributed by atoms with Crippen LogP contribution in [0.1, 0.15) is 46.8 Å². The van der Waals surface area contributed by atoms with E-state index >= 15 is 0 Å². The van der Waals surface area contributed by atoms with Gasteiger partial charge in [0.15, 0.2) is 5.78 Å². The van der Waals surface area contributed by atoms with E-state index in [0.717, 1.165) is 22.4 Å². The molecule has 3 aromatic carbocycles. The lowest BCUT2D eigenvalue weighted by Gasteiger charge is -2.29. The molecule has 5 rings (SSSR count). The van der Waals surface area contributed by atoms with Gasteiger partial charge < -0.3 is 14.8 Å². The first-order valence-electron chi connectivity index (χ1n) is 11.5. The van der Waals surface area contributed by atoms with E-state index in [1.807, 2.05) is 37.3 Å². The Balaban J connectivity index is 1.50. The summed E-state index contributed by atoms with van der Waals surface area (Å²) >= 11 is 0. The third-order valence-electron chi connectivity index (χ3n) is 6.25. The normalized spacial score (nSPS) is 16.5. The van der Waals surface area contributed by atoms with Gasteiger partial charge in [0, 0.05) is 28.3 Å². The Morgan fingerprint density at radius 3 is 2.46 bits per heavy atom. The highest BCUT2D eigenvalue weighted by molar-refractivity contribution is 6.23. The van der Waals surface area contributed by atoms with Crippen molar-refractivity contribution in [2.45, 2.75) is 26.4 Å². The smallest absolute Gasteiger partial charge is 0.336 e. The van der Waals surface area contributed by atoms with Gasteiger partial charge in [-0.2, -0.15) is 0 Å². The summed E-state index contributed by atoms with van der Waals surface area (Å²) in [5.41, 5.74) is 5.28. The summed E-state index contributed by atoms with van der Waals surface area (Å²) in [7, 11) is 0. The van der Waals surface area contributed by atoms with E-state index in [-0.39, 0.29) is 24.8 Å².